The Morgan fingerprint density at radius 1 is 0.857 bits per heavy atom. The molecule has 0 spiro atoms. The first-order chi connectivity index (χ1) is 10.2. The van der Waals surface area contributed by atoms with Crippen molar-refractivity contribution in [3.8, 4) is 5.75 Å². The van der Waals surface area contributed by atoms with E-state index in [-0.39, 0.29) is 0 Å². The maximum absolute atomic E-state index is 9.35. The Morgan fingerprint density at radius 2 is 1.48 bits per heavy atom. The second-order valence-electron chi connectivity index (χ2n) is 5.41. The highest BCUT2D eigenvalue weighted by atomic mass is 79.9. The van der Waals surface area contributed by atoms with Crippen LogP contribution in [0.2, 0.25) is 0 Å². The average molecular weight is 347 g/mol. The fourth-order valence-electron chi connectivity index (χ4n) is 2.68. The predicted octanol–water partition coefficient (Wildman–Crippen LogP) is 3.48. The van der Waals surface area contributed by atoms with Gasteiger partial charge in [-0.05, 0) is 42.0 Å². The van der Waals surface area contributed by atoms with Crippen LogP contribution in [0.4, 0.5) is 5.69 Å². The van der Waals surface area contributed by atoms with Crippen LogP contribution in [-0.2, 0) is 6.54 Å². The SMILES string of the molecule is Oc1ccc(N2CCN(Cc3ccc(Br)cc3)CC2)cc1. The van der Waals surface area contributed by atoms with Gasteiger partial charge < -0.3 is 10.0 Å². The third-order valence-electron chi connectivity index (χ3n) is 3.91. The lowest BCUT2D eigenvalue weighted by atomic mass is 10.2. The highest BCUT2D eigenvalue weighted by Gasteiger charge is 2.17. The number of anilines is 1. The summed E-state index contributed by atoms with van der Waals surface area (Å²) in [5.74, 6) is 0.327. The summed E-state index contributed by atoms with van der Waals surface area (Å²) in [4.78, 5) is 4.86. The van der Waals surface area contributed by atoms with Crippen molar-refractivity contribution in [2.24, 2.45) is 0 Å². The van der Waals surface area contributed by atoms with Crippen LogP contribution in [0.25, 0.3) is 0 Å². The zero-order valence-corrected chi connectivity index (χ0v) is 13.5. The minimum Gasteiger partial charge on any atom is -0.508 e. The summed E-state index contributed by atoms with van der Waals surface area (Å²) in [6.07, 6.45) is 0. The van der Waals surface area contributed by atoms with Crippen LogP contribution in [-0.4, -0.2) is 36.2 Å². The molecule has 3 rings (SSSR count). The Balaban J connectivity index is 1.55. The molecule has 0 unspecified atom stereocenters. The van der Waals surface area contributed by atoms with Crippen LogP contribution in [0.15, 0.2) is 53.0 Å². The van der Waals surface area contributed by atoms with Gasteiger partial charge >= 0.3 is 0 Å². The number of aromatic hydroxyl groups is 1. The first-order valence-corrected chi connectivity index (χ1v) is 8.01. The molecule has 1 aliphatic heterocycles. The molecule has 110 valence electrons. The van der Waals surface area contributed by atoms with E-state index in [1.54, 1.807) is 12.1 Å². The van der Waals surface area contributed by atoms with Gasteiger partial charge in [0.05, 0.1) is 0 Å². The second kappa shape index (κ2) is 6.50. The summed E-state index contributed by atoms with van der Waals surface area (Å²) in [6.45, 7) is 5.20. The van der Waals surface area contributed by atoms with Gasteiger partial charge in [0.15, 0.2) is 0 Å². The number of halogens is 1. The molecule has 2 aromatic carbocycles. The fourth-order valence-corrected chi connectivity index (χ4v) is 2.94. The van der Waals surface area contributed by atoms with Crippen molar-refractivity contribution in [1.29, 1.82) is 0 Å². The largest absolute Gasteiger partial charge is 0.508 e. The summed E-state index contributed by atoms with van der Waals surface area (Å²) in [5.41, 5.74) is 2.55. The van der Waals surface area contributed by atoms with Crippen molar-refractivity contribution >= 4 is 21.6 Å². The van der Waals surface area contributed by atoms with E-state index < -0.39 is 0 Å². The summed E-state index contributed by atoms with van der Waals surface area (Å²) >= 11 is 3.47. The zero-order chi connectivity index (χ0) is 14.7. The third kappa shape index (κ3) is 3.77. The number of hydrogen-bond acceptors (Lipinski definition) is 3. The number of nitrogens with zero attached hydrogens (tertiary/aromatic N) is 2. The molecule has 2 aromatic rings. The Morgan fingerprint density at radius 3 is 2.10 bits per heavy atom. The number of piperazine rings is 1. The lowest BCUT2D eigenvalue weighted by Gasteiger charge is -2.36. The summed E-state index contributed by atoms with van der Waals surface area (Å²) in [6, 6.07) is 16.0. The van der Waals surface area contributed by atoms with Gasteiger partial charge in [-0.15, -0.1) is 0 Å². The molecule has 1 saturated heterocycles. The molecule has 1 N–H and O–H groups in total. The van der Waals surface area contributed by atoms with Gasteiger partial charge in [-0.2, -0.15) is 0 Å². The van der Waals surface area contributed by atoms with Gasteiger partial charge in [-0.25, -0.2) is 0 Å². The lowest BCUT2D eigenvalue weighted by Crippen LogP contribution is -2.45. The molecule has 0 aliphatic carbocycles. The minimum atomic E-state index is 0.327. The molecular formula is C17H19BrN2O. The Labute approximate surface area is 133 Å². The van der Waals surface area contributed by atoms with Crippen LogP contribution in [0.1, 0.15) is 5.56 Å². The van der Waals surface area contributed by atoms with Gasteiger partial charge in [-0.1, -0.05) is 28.1 Å². The molecule has 1 heterocycles. The molecule has 21 heavy (non-hydrogen) atoms. The molecular weight excluding hydrogens is 328 g/mol. The van der Waals surface area contributed by atoms with Crippen molar-refractivity contribution < 1.29 is 5.11 Å². The normalized spacial score (nSPS) is 16.1. The third-order valence-corrected chi connectivity index (χ3v) is 4.44. The maximum atomic E-state index is 9.35. The number of benzene rings is 2. The van der Waals surface area contributed by atoms with E-state index in [1.165, 1.54) is 11.3 Å². The smallest absolute Gasteiger partial charge is 0.115 e. The molecule has 0 atom stereocenters. The van der Waals surface area contributed by atoms with Gasteiger partial charge in [-0.3, -0.25) is 4.90 Å². The Bertz CT molecular complexity index is 575. The molecule has 4 heteroatoms. The van der Waals surface area contributed by atoms with E-state index >= 15 is 0 Å². The minimum absolute atomic E-state index is 0.327. The number of rotatable bonds is 3. The van der Waals surface area contributed by atoms with Crippen molar-refractivity contribution in [1.82, 2.24) is 4.90 Å². The molecule has 1 fully saturated rings. The van der Waals surface area contributed by atoms with Crippen LogP contribution in [0, 0.1) is 0 Å². The predicted molar refractivity (Wildman–Crippen MR) is 89.7 cm³/mol. The first kappa shape index (κ1) is 14.4. The van der Waals surface area contributed by atoms with E-state index in [9.17, 15) is 5.11 Å². The van der Waals surface area contributed by atoms with Gasteiger partial charge in [0, 0.05) is 42.9 Å². The lowest BCUT2D eigenvalue weighted by molar-refractivity contribution is 0.250. The highest BCUT2D eigenvalue weighted by molar-refractivity contribution is 9.10. The van der Waals surface area contributed by atoms with Crippen molar-refractivity contribution in [3.05, 3.63) is 58.6 Å². The first-order valence-electron chi connectivity index (χ1n) is 7.21. The Hall–Kier alpha value is -1.52. The van der Waals surface area contributed by atoms with Crippen molar-refractivity contribution in [2.75, 3.05) is 31.1 Å². The molecule has 0 aromatic heterocycles. The van der Waals surface area contributed by atoms with E-state index in [2.05, 4.69) is 50.0 Å². The van der Waals surface area contributed by atoms with Crippen LogP contribution < -0.4 is 4.90 Å². The summed E-state index contributed by atoms with van der Waals surface area (Å²) < 4.78 is 1.13. The number of hydrogen-bond donors (Lipinski definition) is 1. The van der Waals surface area contributed by atoms with Crippen LogP contribution >= 0.6 is 15.9 Å². The average Bonchev–Trinajstić information content (AvgIpc) is 2.51. The van der Waals surface area contributed by atoms with E-state index in [0.29, 0.717) is 5.75 Å². The topological polar surface area (TPSA) is 26.7 Å². The van der Waals surface area contributed by atoms with E-state index in [4.69, 9.17) is 0 Å². The molecule has 0 saturated carbocycles. The van der Waals surface area contributed by atoms with Crippen molar-refractivity contribution in [2.45, 2.75) is 6.54 Å². The fraction of sp³-hybridized carbons (Fsp3) is 0.294. The van der Waals surface area contributed by atoms with Crippen LogP contribution in [0.5, 0.6) is 5.75 Å². The highest BCUT2D eigenvalue weighted by Crippen LogP contribution is 2.20. The standard InChI is InChI=1S/C17H19BrN2O/c18-15-3-1-14(2-4-15)13-19-9-11-20(12-10-19)16-5-7-17(21)8-6-16/h1-8,21H,9-13H2. The number of phenols is 1. The number of phenolic OH excluding ortho intramolecular Hbond substituents is 1. The quantitative estimate of drug-likeness (QED) is 0.921. The maximum Gasteiger partial charge on any atom is 0.115 e. The summed E-state index contributed by atoms with van der Waals surface area (Å²) in [5, 5.41) is 9.35. The van der Waals surface area contributed by atoms with Crippen LogP contribution in [0.3, 0.4) is 0 Å². The van der Waals surface area contributed by atoms with Gasteiger partial charge in [0.25, 0.3) is 0 Å². The molecule has 1 aliphatic rings. The molecule has 3 nitrogen and oxygen atoms in total. The Kier molecular flexibility index (Phi) is 4.46. The molecule has 0 bridgehead atoms. The summed E-state index contributed by atoms with van der Waals surface area (Å²) in [7, 11) is 0. The van der Waals surface area contributed by atoms with E-state index in [0.717, 1.165) is 37.2 Å². The monoisotopic (exact) mass is 346 g/mol. The molecule has 0 amide bonds. The van der Waals surface area contributed by atoms with Gasteiger partial charge in [0.1, 0.15) is 5.75 Å². The van der Waals surface area contributed by atoms with Crippen molar-refractivity contribution in [3.63, 3.8) is 0 Å². The molecule has 0 radical (unpaired) electrons. The zero-order valence-electron chi connectivity index (χ0n) is 11.9. The van der Waals surface area contributed by atoms with Gasteiger partial charge in [0.2, 0.25) is 0 Å². The van der Waals surface area contributed by atoms with E-state index in [1.807, 2.05) is 12.1 Å². The second-order valence-corrected chi connectivity index (χ2v) is 6.32.